The number of pyridine rings is 1. The quantitative estimate of drug-likeness (QED) is 0.929. The van der Waals surface area contributed by atoms with Gasteiger partial charge in [0, 0.05) is 23.0 Å². The van der Waals surface area contributed by atoms with Gasteiger partial charge in [-0.05, 0) is 48.9 Å². The molecule has 2 aromatic heterocycles. The minimum Gasteiger partial charge on any atom is -0.321 e. The monoisotopic (exact) mass is 286 g/mol. The molecule has 3 rings (SSSR count). The number of hydrogen-bond donors (Lipinski definition) is 1. The number of nitrogens with one attached hydrogen (secondary N) is 1. The van der Waals surface area contributed by atoms with E-state index >= 15 is 0 Å². The first kappa shape index (κ1) is 13.3. The Labute approximate surface area is 123 Å². The van der Waals surface area contributed by atoms with Crippen molar-refractivity contribution in [2.24, 2.45) is 5.92 Å². The molecule has 2 heterocycles. The highest BCUT2D eigenvalue weighted by molar-refractivity contribution is 7.14. The lowest BCUT2D eigenvalue weighted by Crippen LogP contribution is -2.11. The number of rotatable bonds is 3. The van der Waals surface area contributed by atoms with Gasteiger partial charge in [-0.15, -0.1) is 11.3 Å². The van der Waals surface area contributed by atoms with Crippen molar-refractivity contribution < 1.29 is 4.79 Å². The first-order valence-electron chi connectivity index (χ1n) is 7.09. The van der Waals surface area contributed by atoms with E-state index in [0.717, 1.165) is 29.3 Å². The van der Waals surface area contributed by atoms with Crippen LogP contribution in [0.4, 0.5) is 5.69 Å². The van der Waals surface area contributed by atoms with Crippen molar-refractivity contribution in [3.8, 4) is 0 Å². The SMILES string of the molecule is CC[C@H]1CCc2sc(C(=O)Nc3ccncc3)cc2C1. The summed E-state index contributed by atoms with van der Waals surface area (Å²) in [6.07, 6.45) is 8.11. The average Bonchev–Trinajstić information content (AvgIpc) is 2.91. The molecule has 0 spiro atoms. The standard InChI is InChI=1S/C16H18N2OS/c1-2-11-3-4-14-12(9-11)10-15(20-14)16(19)18-13-5-7-17-8-6-13/h5-8,10-11H,2-4,9H2,1H3,(H,17,18,19)/t11-/m0/s1. The number of carbonyl (C=O) groups is 1. The molecule has 4 heteroatoms. The number of aromatic nitrogens is 1. The maximum absolute atomic E-state index is 12.3. The Hall–Kier alpha value is -1.68. The van der Waals surface area contributed by atoms with E-state index in [4.69, 9.17) is 0 Å². The summed E-state index contributed by atoms with van der Waals surface area (Å²) >= 11 is 1.65. The molecule has 0 unspecified atom stereocenters. The number of hydrogen-bond acceptors (Lipinski definition) is 3. The molecule has 20 heavy (non-hydrogen) atoms. The summed E-state index contributed by atoms with van der Waals surface area (Å²) in [7, 11) is 0. The van der Waals surface area contributed by atoms with Crippen molar-refractivity contribution in [1.29, 1.82) is 0 Å². The fraction of sp³-hybridized carbons (Fsp3) is 0.375. The van der Waals surface area contributed by atoms with Gasteiger partial charge < -0.3 is 5.32 Å². The Kier molecular flexibility index (Phi) is 3.83. The first-order chi connectivity index (χ1) is 9.76. The van der Waals surface area contributed by atoms with Crippen LogP contribution in [0.5, 0.6) is 0 Å². The minimum atomic E-state index is -0.0105. The summed E-state index contributed by atoms with van der Waals surface area (Å²) in [5.41, 5.74) is 2.18. The Morgan fingerprint density at radius 3 is 3.00 bits per heavy atom. The minimum absolute atomic E-state index is 0.0105. The molecule has 1 N–H and O–H groups in total. The van der Waals surface area contributed by atoms with Gasteiger partial charge in [-0.2, -0.15) is 0 Å². The van der Waals surface area contributed by atoms with E-state index in [0.29, 0.717) is 0 Å². The maximum Gasteiger partial charge on any atom is 0.265 e. The second-order valence-corrected chi connectivity index (χ2v) is 6.40. The fourth-order valence-electron chi connectivity index (χ4n) is 2.69. The van der Waals surface area contributed by atoms with Crippen LogP contribution in [-0.2, 0) is 12.8 Å². The van der Waals surface area contributed by atoms with E-state index in [1.54, 1.807) is 35.9 Å². The van der Waals surface area contributed by atoms with Crippen molar-refractivity contribution in [3.63, 3.8) is 0 Å². The van der Waals surface area contributed by atoms with Crippen molar-refractivity contribution >= 4 is 22.9 Å². The largest absolute Gasteiger partial charge is 0.321 e. The normalized spacial score (nSPS) is 17.6. The van der Waals surface area contributed by atoms with Gasteiger partial charge in [0.05, 0.1) is 4.88 Å². The van der Waals surface area contributed by atoms with Crippen LogP contribution in [0.25, 0.3) is 0 Å². The molecule has 0 saturated heterocycles. The van der Waals surface area contributed by atoms with Crippen LogP contribution < -0.4 is 5.32 Å². The summed E-state index contributed by atoms with van der Waals surface area (Å²) in [4.78, 5) is 18.4. The third-order valence-corrected chi connectivity index (χ3v) is 5.16. The highest BCUT2D eigenvalue weighted by Gasteiger charge is 2.22. The molecule has 2 aromatic rings. The van der Waals surface area contributed by atoms with Gasteiger partial charge in [-0.1, -0.05) is 13.3 Å². The highest BCUT2D eigenvalue weighted by atomic mass is 32.1. The molecule has 1 aliphatic carbocycles. The van der Waals surface area contributed by atoms with Gasteiger partial charge in [0.25, 0.3) is 5.91 Å². The number of anilines is 1. The summed E-state index contributed by atoms with van der Waals surface area (Å²) in [5, 5.41) is 2.92. The second kappa shape index (κ2) is 5.75. The molecule has 0 fully saturated rings. The number of thiophene rings is 1. The van der Waals surface area contributed by atoms with E-state index in [2.05, 4.69) is 23.3 Å². The Morgan fingerprint density at radius 1 is 1.45 bits per heavy atom. The zero-order chi connectivity index (χ0) is 13.9. The van der Waals surface area contributed by atoms with Gasteiger partial charge in [-0.25, -0.2) is 0 Å². The molecule has 0 aliphatic heterocycles. The average molecular weight is 286 g/mol. The summed E-state index contributed by atoms with van der Waals surface area (Å²) < 4.78 is 0. The van der Waals surface area contributed by atoms with E-state index in [1.165, 1.54) is 23.3 Å². The van der Waals surface area contributed by atoms with Crippen molar-refractivity contribution in [2.45, 2.75) is 32.6 Å². The van der Waals surface area contributed by atoms with Crippen molar-refractivity contribution in [2.75, 3.05) is 5.32 Å². The summed E-state index contributed by atoms with van der Waals surface area (Å²) in [6.45, 7) is 2.25. The van der Waals surface area contributed by atoms with Gasteiger partial charge in [0.2, 0.25) is 0 Å². The molecule has 0 radical (unpaired) electrons. The van der Waals surface area contributed by atoms with Crippen molar-refractivity contribution in [1.82, 2.24) is 4.98 Å². The van der Waals surface area contributed by atoms with Crippen LogP contribution in [0, 0.1) is 5.92 Å². The molecule has 1 atom stereocenters. The molecular weight excluding hydrogens is 268 g/mol. The van der Waals surface area contributed by atoms with Crippen LogP contribution in [0.15, 0.2) is 30.6 Å². The van der Waals surface area contributed by atoms with Crippen molar-refractivity contribution in [3.05, 3.63) is 45.9 Å². The molecule has 0 aromatic carbocycles. The van der Waals surface area contributed by atoms with Crippen LogP contribution in [0.2, 0.25) is 0 Å². The predicted octanol–water partition coefficient (Wildman–Crippen LogP) is 3.91. The summed E-state index contributed by atoms with van der Waals surface area (Å²) in [6, 6.07) is 5.69. The molecule has 104 valence electrons. The lowest BCUT2D eigenvalue weighted by molar-refractivity contribution is 0.103. The zero-order valence-electron chi connectivity index (χ0n) is 11.6. The first-order valence-corrected chi connectivity index (χ1v) is 7.91. The van der Waals surface area contributed by atoms with Crippen LogP contribution in [0.3, 0.4) is 0 Å². The van der Waals surface area contributed by atoms with E-state index in [9.17, 15) is 4.79 Å². The number of carbonyl (C=O) groups excluding carboxylic acids is 1. The third kappa shape index (κ3) is 2.75. The Morgan fingerprint density at radius 2 is 2.25 bits per heavy atom. The Bertz CT molecular complexity index is 606. The molecule has 0 bridgehead atoms. The maximum atomic E-state index is 12.3. The number of fused-ring (bicyclic) bond motifs is 1. The second-order valence-electron chi connectivity index (χ2n) is 5.27. The van der Waals surface area contributed by atoms with Gasteiger partial charge in [-0.3, -0.25) is 9.78 Å². The zero-order valence-corrected chi connectivity index (χ0v) is 12.4. The van der Waals surface area contributed by atoms with Gasteiger partial charge in [0.1, 0.15) is 0 Å². The van der Waals surface area contributed by atoms with Crippen LogP contribution in [-0.4, -0.2) is 10.9 Å². The number of nitrogens with zero attached hydrogens (tertiary/aromatic N) is 1. The van der Waals surface area contributed by atoms with E-state index in [1.807, 2.05) is 0 Å². The number of aryl methyl sites for hydroxylation is 1. The molecule has 1 amide bonds. The van der Waals surface area contributed by atoms with Crippen LogP contribution in [0.1, 0.15) is 39.9 Å². The molecule has 0 saturated carbocycles. The number of amides is 1. The topological polar surface area (TPSA) is 42.0 Å². The summed E-state index contributed by atoms with van der Waals surface area (Å²) in [5.74, 6) is 0.775. The fourth-order valence-corrected chi connectivity index (χ4v) is 3.79. The lowest BCUT2D eigenvalue weighted by atomic mass is 9.87. The molecule has 1 aliphatic rings. The Balaban J connectivity index is 1.75. The van der Waals surface area contributed by atoms with E-state index in [-0.39, 0.29) is 5.91 Å². The highest BCUT2D eigenvalue weighted by Crippen LogP contribution is 2.33. The lowest BCUT2D eigenvalue weighted by Gasteiger charge is -2.19. The predicted molar refractivity (Wildman–Crippen MR) is 82.3 cm³/mol. The molecule has 3 nitrogen and oxygen atoms in total. The van der Waals surface area contributed by atoms with Gasteiger partial charge in [0.15, 0.2) is 0 Å². The third-order valence-electron chi connectivity index (χ3n) is 3.92. The smallest absolute Gasteiger partial charge is 0.265 e. The van der Waals surface area contributed by atoms with E-state index < -0.39 is 0 Å². The van der Waals surface area contributed by atoms with Crippen LogP contribution >= 0.6 is 11.3 Å². The molecular formula is C16H18N2OS. The van der Waals surface area contributed by atoms with Gasteiger partial charge >= 0.3 is 0 Å².